The molecule has 0 aliphatic carbocycles. The quantitative estimate of drug-likeness (QED) is 0.808. The predicted molar refractivity (Wildman–Crippen MR) is 80.6 cm³/mol. The van der Waals surface area contributed by atoms with Gasteiger partial charge in [0.15, 0.2) is 9.84 Å². The fourth-order valence-electron chi connectivity index (χ4n) is 2.02. The number of hydrogen-bond acceptors (Lipinski definition) is 4. The molecule has 1 aromatic carbocycles. The molecule has 0 radical (unpaired) electrons. The molecule has 0 aliphatic rings. The summed E-state index contributed by atoms with van der Waals surface area (Å²) in [6.45, 7) is 1.91. The number of benzene rings is 1. The van der Waals surface area contributed by atoms with Gasteiger partial charge in [-0.05, 0) is 30.7 Å². The first-order valence-corrected chi connectivity index (χ1v) is 8.58. The molecule has 0 atom stereocenters. The summed E-state index contributed by atoms with van der Waals surface area (Å²) < 4.78 is 24.3. The van der Waals surface area contributed by atoms with E-state index < -0.39 is 9.84 Å². The number of rotatable bonds is 4. The number of carbonyl (C=O) groups is 1. The Kier molecular flexibility index (Phi) is 4.20. The molecule has 2 rings (SSSR count). The second kappa shape index (κ2) is 5.61. The minimum Gasteiger partial charge on any atom is -0.287 e. The number of sulfone groups is 1. The Morgan fingerprint density at radius 2 is 1.86 bits per heavy atom. The number of aromatic nitrogens is 2. The van der Waals surface area contributed by atoms with Crippen LogP contribution in [0, 0.1) is 0 Å². The van der Waals surface area contributed by atoms with Crippen molar-refractivity contribution in [2.75, 3.05) is 6.26 Å². The Balaban J connectivity index is 2.44. The first kappa shape index (κ1) is 15.7. The Hall–Kier alpha value is -1.66. The van der Waals surface area contributed by atoms with Crippen molar-refractivity contribution in [3.05, 3.63) is 46.2 Å². The standard InChI is InChI=1S/C14H15ClN2O3S/c1-4-11-12(15)13(17(2)16-11)14(18)9-5-7-10(8-6-9)21(3,19)20/h5-8H,4H2,1-3H3. The molecular formula is C14H15ClN2O3S. The van der Waals surface area contributed by atoms with Crippen LogP contribution in [0.3, 0.4) is 0 Å². The van der Waals surface area contributed by atoms with Crippen molar-refractivity contribution < 1.29 is 13.2 Å². The van der Waals surface area contributed by atoms with E-state index in [2.05, 4.69) is 5.10 Å². The maximum Gasteiger partial charge on any atom is 0.212 e. The van der Waals surface area contributed by atoms with Gasteiger partial charge in [-0.1, -0.05) is 18.5 Å². The van der Waals surface area contributed by atoms with Gasteiger partial charge in [-0.15, -0.1) is 0 Å². The average molecular weight is 327 g/mol. The van der Waals surface area contributed by atoms with Crippen LogP contribution in [0.15, 0.2) is 29.2 Å². The second-order valence-corrected chi connectivity index (χ2v) is 7.11. The molecule has 112 valence electrons. The molecule has 5 nitrogen and oxygen atoms in total. The Morgan fingerprint density at radius 3 is 2.29 bits per heavy atom. The fraction of sp³-hybridized carbons (Fsp3) is 0.286. The first-order chi connectivity index (χ1) is 9.75. The average Bonchev–Trinajstić information content (AvgIpc) is 2.72. The summed E-state index contributed by atoms with van der Waals surface area (Å²) >= 11 is 6.18. The number of hydrogen-bond donors (Lipinski definition) is 0. The van der Waals surface area contributed by atoms with Gasteiger partial charge in [-0.25, -0.2) is 8.42 Å². The molecule has 21 heavy (non-hydrogen) atoms. The van der Waals surface area contributed by atoms with Crippen LogP contribution < -0.4 is 0 Å². The molecule has 0 saturated heterocycles. The number of ketones is 1. The Labute approximate surface area is 128 Å². The molecular weight excluding hydrogens is 312 g/mol. The minimum absolute atomic E-state index is 0.171. The molecule has 1 aromatic heterocycles. The summed E-state index contributed by atoms with van der Waals surface area (Å²) in [4.78, 5) is 12.7. The topological polar surface area (TPSA) is 69.0 Å². The van der Waals surface area contributed by atoms with Crippen molar-refractivity contribution in [2.45, 2.75) is 18.2 Å². The van der Waals surface area contributed by atoms with Crippen molar-refractivity contribution in [1.29, 1.82) is 0 Å². The van der Waals surface area contributed by atoms with Gasteiger partial charge < -0.3 is 0 Å². The van der Waals surface area contributed by atoms with Gasteiger partial charge in [-0.3, -0.25) is 9.48 Å². The molecule has 0 fully saturated rings. The predicted octanol–water partition coefficient (Wildman–Crippen LogP) is 2.27. The van der Waals surface area contributed by atoms with Gasteiger partial charge in [-0.2, -0.15) is 5.10 Å². The van der Waals surface area contributed by atoms with Gasteiger partial charge in [0.2, 0.25) is 5.78 Å². The van der Waals surface area contributed by atoms with Crippen LogP contribution in [0.1, 0.15) is 28.7 Å². The van der Waals surface area contributed by atoms with Crippen molar-refractivity contribution in [1.82, 2.24) is 9.78 Å². The van der Waals surface area contributed by atoms with Crippen molar-refractivity contribution in [2.24, 2.45) is 7.05 Å². The molecule has 2 aromatic rings. The third-order valence-electron chi connectivity index (χ3n) is 3.15. The number of aryl methyl sites for hydroxylation is 2. The first-order valence-electron chi connectivity index (χ1n) is 6.32. The molecule has 0 unspecified atom stereocenters. The summed E-state index contributed by atoms with van der Waals surface area (Å²) in [5, 5.41) is 4.54. The van der Waals surface area contributed by atoms with Gasteiger partial charge in [0.25, 0.3) is 0 Å². The lowest BCUT2D eigenvalue weighted by molar-refractivity contribution is 0.103. The van der Waals surface area contributed by atoms with Gasteiger partial charge >= 0.3 is 0 Å². The van der Waals surface area contributed by atoms with Gasteiger partial charge in [0.05, 0.1) is 15.6 Å². The third kappa shape index (κ3) is 3.01. The third-order valence-corrected chi connectivity index (χ3v) is 4.68. The monoisotopic (exact) mass is 326 g/mol. The normalized spacial score (nSPS) is 11.6. The second-order valence-electron chi connectivity index (χ2n) is 4.71. The zero-order chi connectivity index (χ0) is 15.8. The summed E-state index contributed by atoms with van der Waals surface area (Å²) in [6, 6.07) is 5.78. The lowest BCUT2D eigenvalue weighted by atomic mass is 10.1. The van der Waals surface area contributed by atoms with E-state index in [9.17, 15) is 13.2 Å². The Bertz CT molecular complexity index is 792. The SMILES string of the molecule is CCc1nn(C)c(C(=O)c2ccc(S(C)(=O)=O)cc2)c1Cl. The van der Waals surface area contributed by atoms with E-state index in [4.69, 9.17) is 11.6 Å². The molecule has 0 bridgehead atoms. The van der Waals surface area contributed by atoms with Crippen molar-refractivity contribution >= 4 is 27.2 Å². The molecule has 7 heteroatoms. The number of carbonyl (C=O) groups excluding carboxylic acids is 1. The summed E-state index contributed by atoms with van der Waals surface area (Å²) in [7, 11) is -1.63. The number of nitrogens with zero attached hydrogens (tertiary/aromatic N) is 2. The maximum atomic E-state index is 12.5. The largest absolute Gasteiger partial charge is 0.287 e. The van der Waals surface area contributed by atoms with Crippen LogP contribution in [-0.4, -0.2) is 30.2 Å². The van der Waals surface area contributed by atoms with Crippen LogP contribution in [0.5, 0.6) is 0 Å². The van der Waals surface area contributed by atoms with Crippen LogP contribution in [0.25, 0.3) is 0 Å². The molecule has 0 N–H and O–H groups in total. The molecule has 0 aliphatic heterocycles. The molecule has 0 amide bonds. The zero-order valence-corrected chi connectivity index (χ0v) is 13.5. The highest BCUT2D eigenvalue weighted by Gasteiger charge is 2.21. The maximum absolute atomic E-state index is 12.5. The molecule has 1 heterocycles. The van der Waals surface area contributed by atoms with Crippen LogP contribution >= 0.6 is 11.6 Å². The van der Waals surface area contributed by atoms with Crippen molar-refractivity contribution in [3.8, 4) is 0 Å². The van der Waals surface area contributed by atoms with Crippen molar-refractivity contribution in [3.63, 3.8) is 0 Å². The van der Waals surface area contributed by atoms with Gasteiger partial charge in [0.1, 0.15) is 5.69 Å². The lowest BCUT2D eigenvalue weighted by Gasteiger charge is -2.04. The smallest absolute Gasteiger partial charge is 0.212 e. The fourth-order valence-corrected chi connectivity index (χ4v) is 3.03. The van der Waals surface area contributed by atoms with Crippen LogP contribution in [-0.2, 0) is 23.3 Å². The van der Waals surface area contributed by atoms with Crippen LogP contribution in [0.4, 0.5) is 0 Å². The molecule has 0 spiro atoms. The van der Waals surface area contributed by atoms with E-state index in [1.54, 1.807) is 7.05 Å². The highest BCUT2D eigenvalue weighted by molar-refractivity contribution is 7.90. The highest BCUT2D eigenvalue weighted by atomic mass is 35.5. The molecule has 0 saturated carbocycles. The highest BCUT2D eigenvalue weighted by Crippen LogP contribution is 2.24. The van der Waals surface area contributed by atoms with E-state index in [0.717, 1.165) is 6.26 Å². The zero-order valence-electron chi connectivity index (χ0n) is 11.9. The summed E-state index contributed by atoms with van der Waals surface area (Å²) in [6.07, 6.45) is 1.75. The summed E-state index contributed by atoms with van der Waals surface area (Å²) in [5.41, 5.74) is 1.34. The van der Waals surface area contributed by atoms with Crippen LogP contribution in [0.2, 0.25) is 5.02 Å². The van der Waals surface area contributed by atoms with E-state index in [0.29, 0.717) is 28.4 Å². The summed E-state index contributed by atoms with van der Waals surface area (Å²) in [5.74, 6) is -0.283. The lowest BCUT2D eigenvalue weighted by Crippen LogP contribution is -2.09. The minimum atomic E-state index is -3.28. The van der Waals surface area contributed by atoms with E-state index >= 15 is 0 Å². The van der Waals surface area contributed by atoms with E-state index in [-0.39, 0.29) is 10.7 Å². The van der Waals surface area contributed by atoms with Gasteiger partial charge in [0, 0.05) is 18.9 Å². The van der Waals surface area contributed by atoms with E-state index in [1.165, 1.54) is 28.9 Å². The van der Waals surface area contributed by atoms with E-state index in [1.807, 2.05) is 6.92 Å². The Morgan fingerprint density at radius 1 is 1.29 bits per heavy atom. The number of halogens is 1.